The molecule has 0 saturated carbocycles. The average Bonchev–Trinajstić information content (AvgIpc) is 2.33. The molecule has 19 heavy (non-hydrogen) atoms. The first-order valence-corrected chi connectivity index (χ1v) is 4.98. The third kappa shape index (κ3) is 2.56. The maximum absolute atomic E-state index is 12.8. The first-order valence-electron chi connectivity index (χ1n) is 4.98. The molecule has 1 N–H and O–H groups in total. The highest BCUT2D eigenvalue weighted by Crippen LogP contribution is 2.29. The average molecular weight is 274 g/mol. The normalized spacial score (nSPS) is 11.6. The van der Waals surface area contributed by atoms with Gasteiger partial charge in [0.1, 0.15) is 0 Å². The van der Waals surface area contributed by atoms with Crippen LogP contribution in [0.15, 0.2) is 39.9 Å². The monoisotopic (exact) mass is 274 g/mol. The molecule has 0 atom stereocenters. The molecule has 1 aromatic heterocycles. The van der Waals surface area contributed by atoms with E-state index < -0.39 is 28.7 Å². The molecular weight excluding hydrogens is 268 g/mol. The fraction of sp³-hybridized carbons (Fsp3) is 0.0909. The van der Waals surface area contributed by atoms with Crippen molar-refractivity contribution in [2.75, 3.05) is 0 Å². The van der Waals surface area contributed by atoms with Crippen molar-refractivity contribution in [1.29, 1.82) is 0 Å². The summed E-state index contributed by atoms with van der Waals surface area (Å²) in [6, 6.07) is 4.15. The molecule has 4 nitrogen and oxygen atoms in total. The Morgan fingerprint density at radius 2 is 1.79 bits per heavy atom. The van der Waals surface area contributed by atoms with Crippen molar-refractivity contribution >= 4 is 0 Å². The van der Waals surface area contributed by atoms with E-state index in [2.05, 4.69) is 0 Å². The summed E-state index contributed by atoms with van der Waals surface area (Å²) < 4.78 is 50.9. The number of aromatic amines is 1. The second-order valence-corrected chi connectivity index (χ2v) is 3.65. The summed E-state index contributed by atoms with van der Waals surface area (Å²) >= 11 is 0. The SMILES string of the molecule is O=c1[nH]n(-c2cccc(C(F)(F)F)c2)c(=O)cc1F. The highest BCUT2D eigenvalue weighted by atomic mass is 19.4. The number of rotatable bonds is 1. The highest BCUT2D eigenvalue weighted by Gasteiger charge is 2.30. The molecule has 0 fully saturated rings. The number of alkyl halides is 3. The van der Waals surface area contributed by atoms with E-state index in [4.69, 9.17) is 0 Å². The van der Waals surface area contributed by atoms with Crippen LogP contribution in [0.25, 0.3) is 5.69 Å². The molecule has 0 saturated heterocycles. The Balaban J connectivity index is 2.64. The summed E-state index contributed by atoms with van der Waals surface area (Å²) in [6.07, 6.45) is -4.58. The molecular formula is C11H6F4N2O2. The lowest BCUT2D eigenvalue weighted by molar-refractivity contribution is -0.137. The van der Waals surface area contributed by atoms with Crippen molar-refractivity contribution in [3.05, 3.63) is 62.4 Å². The van der Waals surface area contributed by atoms with Crippen LogP contribution in [0.1, 0.15) is 5.56 Å². The standard InChI is InChI=1S/C11H6F4N2O2/c12-8-5-9(18)17(16-10(8)19)7-3-1-2-6(4-7)11(13,14)15/h1-5H,(H,16,19). The molecule has 100 valence electrons. The van der Waals surface area contributed by atoms with E-state index in [1.54, 1.807) is 0 Å². The van der Waals surface area contributed by atoms with Gasteiger partial charge in [0, 0.05) is 6.07 Å². The molecule has 0 bridgehead atoms. The number of halogens is 4. The van der Waals surface area contributed by atoms with E-state index in [1.807, 2.05) is 5.10 Å². The Hall–Kier alpha value is -2.38. The predicted molar refractivity (Wildman–Crippen MR) is 57.6 cm³/mol. The van der Waals surface area contributed by atoms with E-state index in [9.17, 15) is 27.2 Å². The van der Waals surface area contributed by atoms with Crippen LogP contribution in [0.2, 0.25) is 0 Å². The van der Waals surface area contributed by atoms with Gasteiger partial charge in [-0.25, -0.2) is 9.07 Å². The van der Waals surface area contributed by atoms with Crippen LogP contribution in [0, 0.1) is 5.82 Å². The Labute approximate surface area is 102 Å². The molecule has 8 heteroatoms. The van der Waals surface area contributed by atoms with Crippen LogP contribution in [0.3, 0.4) is 0 Å². The van der Waals surface area contributed by atoms with Gasteiger partial charge in [-0.05, 0) is 18.2 Å². The third-order valence-corrected chi connectivity index (χ3v) is 2.33. The van der Waals surface area contributed by atoms with E-state index in [0.29, 0.717) is 16.8 Å². The van der Waals surface area contributed by atoms with Crippen molar-refractivity contribution < 1.29 is 17.6 Å². The van der Waals surface area contributed by atoms with E-state index in [1.165, 1.54) is 6.07 Å². The summed E-state index contributed by atoms with van der Waals surface area (Å²) in [5.74, 6) is -1.30. The second kappa shape index (κ2) is 4.38. The van der Waals surface area contributed by atoms with Crippen LogP contribution in [-0.2, 0) is 6.18 Å². The van der Waals surface area contributed by atoms with Crippen LogP contribution in [0.4, 0.5) is 17.6 Å². The first-order chi connectivity index (χ1) is 8.79. The lowest BCUT2D eigenvalue weighted by atomic mass is 10.2. The van der Waals surface area contributed by atoms with Gasteiger partial charge < -0.3 is 0 Å². The summed E-state index contributed by atoms with van der Waals surface area (Å²) in [5, 5.41) is 1.85. The third-order valence-electron chi connectivity index (χ3n) is 2.33. The van der Waals surface area contributed by atoms with Crippen LogP contribution in [0.5, 0.6) is 0 Å². The minimum absolute atomic E-state index is 0.211. The highest BCUT2D eigenvalue weighted by molar-refractivity contribution is 5.36. The van der Waals surface area contributed by atoms with Crippen LogP contribution in [-0.4, -0.2) is 9.78 Å². The molecule has 2 rings (SSSR count). The first kappa shape index (κ1) is 13.1. The van der Waals surface area contributed by atoms with E-state index >= 15 is 0 Å². The van der Waals surface area contributed by atoms with Crippen LogP contribution < -0.4 is 11.1 Å². The number of hydrogen-bond acceptors (Lipinski definition) is 2. The zero-order valence-corrected chi connectivity index (χ0v) is 9.16. The maximum Gasteiger partial charge on any atom is 0.416 e. The number of benzene rings is 1. The molecule has 0 amide bonds. The molecule has 0 spiro atoms. The Morgan fingerprint density at radius 1 is 1.11 bits per heavy atom. The summed E-state index contributed by atoms with van der Waals surface area (Å²) in [4.78, 5) is 22.5. The Kier molecular flexibility index (Phi) is 3.01. The molecule has 1 aromatic carbocycles. The van der Waals surface area contributed by atoms with Crippen molar-refractivity contribution in [2.24, 2.45) is 0 Å². The van der Waals surface area contributed by atoms with Gasteiger partial charge >= 0.3 is 6.18 Å². The van der Waals surface area contributed by atoms with E-state index in [-0.39, 0.29) is 5.69 Å². The van der Waals surface area contributed by atoms with E-state index in [0.717, 1.165) is 12.1 Å². The molecule has 0 radical (unpaired) electrons. The van der Waals surface area contributed by atoms with Gasteiger partial charge in [-0.1, -0.05) is 6.07 Å². The van der Waals surface area contributed by atoms with Gasteiger partial charge in [0.25, 0.3) is 11.1 Å². The number of aromatic nitrogens is 2. The topological polar surface area (TPSA) is 54.9 Å². The molecule has 2 aromatic rings. The summed E-state index contributed by atoms with van der Waals surface area (Å²) in [7, 11) is 0. The van der Waals surface area contributed by atoms with Crippen molar-refractivity contribution in [1.82, 2.24) is 9.78 Å². The minimum Gasteiger partial charge on any atom is -0.267 e. The number of hydrogen-bond donors (Lipinski definition) is 1. The molecule has 0 unspecified atom stereocenters. The smallest absolute Gasteiger partial charge is 0.267 e. The van der Waals surface area contributed by atoms with Gasteiger partial charge in [0.15, 0.2) is 5.82 Å². The summed E-state index contributed by atoms with van der Waals surface area (Å²) in [6.45, 7) is 0. The van der Waals surface area contributed by atoms with Gasteiger partial charge in [-0.15, -0.1) is 0 Å². The zero-order valence-electron chi connectivity index (χ0n) is 9.16. The quantitative estimate of drug-likeness (QED) is 0.804. The minimum atomic E-state index is -4.58. The Bertz CT molecular complexity index is 730. The molecule has 0 aliphatic carbocycles. The molecule has 1 heterocycles. The molecule has 0 aliphatic heterocycles. The lowest BCUT2D eigenvalue weighted by Gasteiger charge is -2.09. The van der Waals surface area contributed by atoms with Gasteiger partial charge in [-0.2, -0.15) is 13.2 Å². The van der Waals surface area contributed by atoms with Crippen molar-refractivity contribution in [2.45, 2.75) is 6.18 Å². The number of nitrogens with one attached hydrogen (secondary N) is 1. The largest absolute Gasteiger partial charge is 0.416 e. The van der Waals surface area contributed by atoms with Crippen LogP contribution >= 0.6 is 0 Å². The Morgan fingerprint density at radius 3 is 2.42 bits per heavy atom. The zero-order chi connectivity index (χ0) is 14.2. The number of H-pyrrole nitrogens is 1. The fourth-order valence-electron chi connectivity index (χ4n) is 1.46. The van der Waals surface area contributed by atoms with Crippen molar-refractivity contribution in [3.8, 4) is 5.69 Å². The number of nitrogens with zero attached hydrogens (tertiary/aromatic N) is 1. The van der Waals surface area contributed by atoms with Gasteiger partial charge in [0.05, 0.1) is 11.3 Å². The lowest BCUT2D eigenvalue weighted by Crippen LogP contribution is -2.29. The van der Waals surface area contributed by atoms with Gasteiger partial charge in [0.2, 0.25) is 0 Å². The van der Waals surface area contributed by atoms with Crippen molar-refractivity contribution in [3.63, 3.8) is 0 Å². The fourth-order valence-corrected chi connectivity index (χ4v) is 1.46. The summed E-state index contributed by atoms with van der Waals surface area (Å²) in [5.41, 5.74) is -3.37. The van der Waals surface area contributed by atoms with Gasteiger partial charge in [-0.3, -0.25) is 14.7 Å². The maximum atomic E-state index is 12.8. The molecule has 0 aliphatic rings. The predicted octanol–water partition coefficient (Wildman–Crippen LogP) is 1.68. The second-order valence-electron chi connectivity index (χ2n) is 3.65.